The quantitative estimate of drug-likeness (QED) is 0.869. The van der Waals surface area contributed by atoms with E-state index in [1.165, 1.54) is 12.1 Å². The molecule has 0 spiro atoms. The topological polar surface area (TPSA) is 63.2 Å². The molecule has 1 saturated carbocycles. The number of halogens is 1. The standard InChI is InChI=1S/C14H18ClNO3S/c1-10(16-14(17)12-4-2-3-5-12)11-6-8-13(9-7-11)20(15,18)19/h6-10,12H,2-5H2,1H3,(H,16,17). The lowest BCUT2D eigenvalue weighted by Crippen LogP contribution is -2.31. The first kappa shape index (κ1) is 15.3. The number of rotatable bonds is 4. The molecule has 1 aliphatic carbocycles. The number of carbonyl (C=O) groups excluding carboxylic acids is 1. The van der Waals surface area contributed by atoms with Crippen LogP contribution in [0.3, 0.4) is 0 Å². The lowest BCUT2D eigenvalue weighted by molar-refractivity contribution is -0.125. The summed E-state index contributed by atoms with van der Waals surface area (Å²) in [6.45, 7) is 1.89. The Morgan fingerprint density at radius 2 is 1.80 bits per heavy atom. The molecule has 0 aliphatic heterocycles. The van der Waals surface area contributed by atoms with E-state index in [4.69, 9.17) is 10.7 Å². The van der Waals surface area contributed by atoms with Crippen molar-refractivity contribution in [1.29, 1.82) is 0 Å². The minimum atomic E-state index is -3.70. The normalized spacial score (nSPS) is 17.9. The van der Waals surface area contributed by atoms with Crippen LogP contribution in [0.25, 0.3) is 0 Å². The van der Waals surface area contributed by atoms with Crippen molar-refractivity contribution in [3.63, 3.8) is 0 Å². The van der Waals surface area contributed by atoms with Crippen LogP contribution in [0.15, 0.2) is 29.2 Å². The summed E-state index contributed by atoms with van der Waals surface area (Å²) >= 11 is 0. The Morgan fingerprint density at radius 1 is 1.25 bits per heavy atom. The first-order valence-electron chi connectivity index (χ1n) is 6.73. The number of hydrogen-bond acceptors (Lipinski definition) is 3. The number of hydrogen-bond donors (Lipinski definition) is 1. The molecule has 6 heteroatoms. The predicted octanol–water partition coefficient (Wildman–Crippen LogP) is 2.98. The summed E-state index contributed by atoms with van der Waals surface area (Å²) in [6, 6.07) is 6.12. The molecule has 0 aromatic heterocycles. The minimum Gasteiger partial charge on any atom is -0.349 e. The molecule has 1 fully saturated rings. The highest BCUT2D eigenvalue weighted by Crippen LogP contribution is 2.26. The van der Waals surface area contributed by atoms with E-state index in [0.717, 1.165) is 31.2 Å². The number of nitrogens with one attached hydrogen (secondary N) is 1. The first-order valence-corrected chi connectivity index (χ1v) is 9.04. The molecule has 0 heterocycles. The molecular formula is C14H18ClNO3S. The summed E-state index contributed by atoms with van der Waals surface area (Å²) < 4.78 is 22.3. The molecule has 1 aromatic carbocycles. The Kier molecular flexibility index (Phi) is 4.70. The van der Waals surface area contributed by atoms with Crippen LogP contribution in [0.4, 0.5) is 0 Å². The summed E-state index contributed by atoms with van der Waals surface area (Å²) in [6.07, 6.45) is 4.16. The van der Waals surface area contributed by atoms with Crippen molar-refractivity contribution in [3.8, 4) is 0 Å². The van der Waals surface area contributed by atoms with Crippen molar-refractivity contribution in [1.82, 2.24) is 5.32 Å². The van der Waals surface area contributed by atoms with Crippen LogP contribution in [0.5, 0.6) is 0 Å². The second-order valence-electron chi connectivity index (χ2n) is 5.22. The average Bonchev–Trinajstić information content (AvgIpc) is 2.91. The molecule has 1 N–H and O–H groups in total. The summed E-state index contributed by atoms with van der Waals surface area (Å²) in [5, 5.41) is 2.97. The van der Waals surface area contributed by atoms with Crippen molar-refractivity contribution in [3.05, 3.63) is 29.8 Å². The van der Waals surface area contributed by atoms with Crippen molar-refractivity contribution in [2.45, 2.75) is 43.5 Å². The van der Waals surface area contributed by atoms with Crippen LogP contribution >= 0.6 is 10.7 Å². The Morgan fingerprint density at radius 3 is 2.30 bits per heavy atom. The summed E-state index contributed by atoms with van der Waals surface area (Å²) in [5.41, 5.74) is 0.861. The monoisotopic (exact) mass is 315 g/mol. The SMILES string of the molecule is CC(NC(=O)C1CCCC1)c1ccc(S(=O)(=O)Cl)cc1. The van der Waals surface area contributed by atoms with Gasteiger partial charge < -0.3 is 5.32 Å². The Bertz CT molecular complexity index is 577. The van der Waals surface area contributed by atoms with E-state index >= 15 is 0 Å². The van der Waals surface area contributed by atoms with Crippen molar-refractivity contribution < 1.29 is 13.2 Å². The first-order chi connectivity index (χ1) is 9.38. The predicted molar refractivity (Wildman–Crippen MR) is 78.0 cm³/mol. The average molecular weight is 316 g/mol. The van der Waals surface area contributed by atoms with E-state index in [1.54, 1.807) is 12.1 Å². The van der Waals surface area contributed by atoms with Crippen LogP contribution in [0.1, 0.15) is 44.2 Å². The maximum absolute atomic E-state index is 12.0. The highest BCUT2D eigenvalue weighted by molar-refractivity contribution is 8.13. The van der Waals surface area contributed by atoms with Gasteiger partial charge in [-0.05, 0) is 37.5 Å². The van der Waals surface area contributed by atoms with Crippen LogP contribution in [0, 0.1) is 5.92 Å². The van der Waals surface area contributed by atoms with Crippen LogP contribution in [-0.2, 0) is 13.8 Å². The van der Waals surface area contributed by atoms with Crippen molar-refractivity contribution in [2.75, 3.05) is 0 Å². The highest BCUT2D eigenvalue weighted by atomic mass is 35.7. The van der Waals surface area contributed by atoms with E-state index in [1.807, 2.05) is 6.92 Å². The van der Waals surface area contributed by atoms with Gasteiger partial charge >= 0.3 is 0 Å². The molecular weight excluding hydrogens is 298 g/mol. The van der Waals surface area contributed by atoms with E-state index in [2.05, 4.69) is 5.32 Å². The van der Waals surface area contributed by atoms with Gasteiger partial charge in [0.1, 0.15) is 0 Å². The molecule has 1 unspecified atom stereocenters. The van der Waals surface area contributed by atoms with Crippen LogP contribution in [0.2, 0.25) is 0 Å². The molecule has 1 aliphatic rings. The zero-order valence-corrected chi connectivity index (χ0v) is 12.9. The molecule has 1 atom stereocenters. The molecule has 1 aromatic rings. The maximum atomic E-state index is 12.0. The van der Waals surface area contributed by atoms with E-state index in [9.17, 15) is 13.2 Å². The second kappa shape index (κ2) is 6.14. The molecule has 2 rings (SSSR count). The highest BCUT2D eigenvalue weighted by Gasteiger charge is 2.24. The molecule has 1 amide bonds. The van der Waals surface area contributed by atoms with Gasteiger partial charge in [0, 0.05) is 16.6 Å². The lowest BCUT2D eigenvalue weighted by atomic mass is 10.0. The van der Waals surface area contributed by atoms with E-state index in [-0.39, 0.29) is 22.8 Å². The number of benzene rings is 1. The molecule has 4 nitrogen and oxygen atoms in total. The van der Waals surface area contributed by atoms with Crippen molar-refractivity contribution in [2.24, 2.45) is 5.92 Å². The summed E-state index contributed by atoms with van der Waals surface area (Å²) in [5.74, 6) is 0.212. The summed E-state index contributed by atoms with van der Waals surface area (Å²) in [4.78, 5) is 12.1. The molecule has 0 saturated heterocycles. The third-order valence-corrected chi connectivity index (χ3v) is 5.12. The number of amides is 1. The van der Waals surface area contributed by atoms with E-state index < -0.39 is 9.05 Å². The Labute approximate surface area is 123 Å². The fourth-order valence-electron chi connectivity index (χ4n) is 2.52. The van der Waals surface area contributed by atoms with Crippen LogP contribution in [-0.4, -0.2) is 14.3 Å². The zero-order valence-electron chi connectivity index (χ0n) is 11.3. The smallest absolute Gasteiger partial charge is 0.261 e. The van der Waals surface area contributed by atoms with Crippen LogP contribution < -0.4 is 5.32 Å². The second-order valence-corrected chi connectivity index (χ2v) is 7.78. The minimum absolute atomic E-state index is 0.0669. The van der Waals surface area contributed by atoms with E-state index in [0.29, 0.717) is 0 Å². The van der Waals surface area contributed by atoms with Gasteiger partial charge in [0.25, 0.3) is 9.05 Å². The van der Waals surface area contributed by atoms with Gasteiger partial charge in [-0.2, -0.15) is 0 Å². The Balaban J connectivity index is 2.02. The maximum Gasteiger partial charge on any atom is 0.261 e. The van der Waals surface area contributed by atoms with Gasteiger partial charge in [-0.1, -0.05) is 25.0 Å². The van der Waals surface area contributed by atoms with Gasteiger partial charge in [0.05, 0.1) is 10.9 Å². The van der Waals surface area contributed by atoms with Gasteiger partial charge in [-0.25, -0.2) is 8.42 Å². The molecule has 0 radical (unpaired) electrons. The third-order valence-electron chi connectivity index (χ3n) is 3.75. The van der Waals surface area contributed by atoms with Gasteiger partial charge in [-0.15, -0.1) is 0 Å². The molecule has 0 bridgehead atoms. The molecule has 110 valence electrons. The molecule has 20 heavy (non-hydrogen) atoms. The fourth-order valence-corrected chi connectivity index (χ4v) is 3.29. The van der Waals surface area contributed by atoms with Gasteiger partial charge in [-0.3, -0.25) is 4.79 Å². The lowest BCUT2D eigenvalue weighted by Gasteiger charge is -2.17. The third kappa shape index (κ3) is 3.73. The number of carbonyl (C=O) groups is 1. The zero-order chi connectivity index (χ0) is 14.8. The van der Waals surface area contributed by atoms with Gasteiger partial charge in [0.2, 0.25) is 5.91 Å². The van der Waals surface area contributed by atoms with Gasteiger partial charge in [0.15, 0.2) is 0 Å². The fraction of sp³-hybridized carbons (Fsp3) is 0.500. The van der Waals surface area contributed by atoms with Crippen molar-refractivity contribution >= 4 is 25.6 Å². The Hall–Kier alpha value is -1.07. The largest absolute Gasteiger partial charge is 0.349 e. The summed E-state index contributed by atoms with van der Waals surface area (Å²) in [7, 11) is 1.57.